The van der Waals surface area contributed by atoms with Crippen molar-refractivity contribution in [2.45, 2.75) is 46.1 Å². The SMILES string of the molecule is Cc1ccc(C)c(NC(=O)C[N+]2(Cc3ccccc3)CCCCCC2)c1. The van der Waals surface area contributed by atoms with Crippen LogP contribution in [0.25, 0.3) is 0 Å². The Hall–Kier alpha value is -2.13. The molecule has 1 heterocycles. The lowest BCUT2D eigenvalue weighted by Crippen LogP contribution is -2.52. The first-order chi connectivity index (χ1) is 12.6. The molecule has 3 rings (SSSR count). The quantitative estimate of drug-likeness (QED) is 0.768. The monoisotopic (exact) mass is 351 g/mol. The molecule has 2 aromatic carbocycles. The lowest BCUT2D eigenvalue weighted by atomic mass is 10.1. The van der Waals surface area contributed by atoms with Gasteiger partial charge in [-0.05, 0) is 56.7 Å². The van der Waals surface area contributed by atoms with Crippen LogP contribution in [0.1, 0.15) is 42.4 Å². The van der Waals surface area contributed by atoms with Crippen LogP contribution in [0.3, 0.4) is 0 Å². The zero-order valence-electron chi connectivity index (χ0n) is 16.1. The first-order valence-electron chi connectivity index (χ1n) is 9.82. The second-order valence-electron chi connectivity index (χ2n) is 7.87. The highest BCUT2D eigenvalue weighted by Gasteiger charge is 2.31. The van der Waals surface area contributed by atoms with Gasteiger partial charge >= 0.3 is 0 Å². The van der Waals surface area contributed by atoms with Crippen LogP contribution in [0.5, 0.6) is 0 Å². The van der Waals surface area contributed by atoms with E-state index in [9.17, 15) is 4.79 Å². The van der Waals surface area contributed by atoms with Gasteiger partial charge < -0.3 is 9.80 Å². The Morgan fingerprint density at radius 1 is 0.962 bits per heavy atom. The molecule has 0 aliphatic carbocycles. The van der Waals surface area contributed by atoms with Gasteiger partial charge in [0, 0.05) is 11.3 Å². The maximum Gasteiger partial charge on any atom is 0.279 e. The number of likely N-dealkylation sites (tertiary alicyclic amines) is 1. The molecule has 138 valence electrons. The van der Waals surface area contributed by atoms with E-state index in [4.69, 9.17) is 0 Å². The first kappa shape index (κ1) is 18.7. The molecule has 0 radical (unpaired) electrons. The van der Waals surface area contributed by atoms with E-state index in [-0.39, 0.29) is 5.91 Å². The van der Waals surface area contributed by atoms with Gasteiger partial charge in [0.2, 0.25) is 0 Å². The molecule has 1 N–H and O–H groups in total. The molecule has 0 spiro atoms. The number of benzene rings is 2. The first-order valence-corrected chi connectivity index (χ1v) is 9.82. The molecule has 1 amide bonds. The standard InChI is InChI=1S/C23H30N2O/c1-19-12-13-20(2)22(16-19)24-23(26)18-25(14-8-3-4-9-15-25)17-21-10-6-5-7-11-21/h5-7,10-13,16H,3-4,8-9,14-15,17-18H2,1-2H3/p+1. The minimum absolute atomic E-state index is 0.136. The number of anilines is 1. The van der Waals surface area contributed by atoms with Crippen molar-refractivity contribution in [3.05, 3.63) is 65.2 Å². The Balaban J connectivity index is 1.76. The van der Waals surface area contributed by atoms with Gasteiger partial charge in [0.25, 0.3) is 5.91 Å². The maximum absolute atomic E-state index is 12.9. The molecule has 0 aromatic heterocycles. The summed E-state index contributed by atoms with van der Waals surface area (Å²) in [5.41, 5.74) is 4.57. The Bertz CT molecular complexity index is 731. The maximum atomic E-state index is 12.9. The minimum Gasteiger partial charge on any atom is -0.321 e. The van der Waals surface area contributed by atoms with Crippen molar-refractivity contribution in [1.82, 2.24) is 0 Å². The van der Waals surface area contributed by atoms with Crippen LogP contribution in [-0.4, -0.2) is 30.0 Å². The molecule has 3 heteroatoms. The van der Waals surface area contributed by atoms with Gasteiger partial charge in [-0.1, -0.05) is 42.5 Å². The molecular weight excluding hydrogens is 320 g/mol. The lowest BCUT2D eigenvalue weighted by Gasteiger charge is -2.37. The minimum atomic E-state index is 0.136. The fourth-order valence-corrected chi connectivity index (χ4v) is 4.07. The number of quaternary nitrogens is 1. The van der Waals surface area contributed by atoms with Gasteiger partial charge in [-0.15, -0.1) is 0 Å². The molecule has 26 heavy (non-hydrogen) atoms. The van der Waals surface area contributed by atoms with Crippen LogP contribution in [0.4, 0.5) is 5.69 Å². The Morgan fingerprint density at radius 2 is 1.65 bits per heavy atom. The largest absolute Gasteiger partial charge is 0.321 e. The van der Waals surface area contributed by atoms with Gasteiger partial charge in [0.1, 0.15) is 6.54 Å². The van der Waals surface area contributed by atoms with Crippen molar-refractivity contribution in [2.75, 3.05) is 25.0 Å². The summed E-state index contributed by atoms with van der Waals surface area (Å²) < 4.78 is 0.876. The van der Waals surface area contributed by atoms with Gasteiger partial charge in [-0.3, -0.25) is 4.79 Å². The second-order valence-corrected chi connectivity index (χ2v) is 7.87. The normalized spacial score (nSPS) is 16.7. The lowest BCUT2D eigenvalue weighted by molar-refractivity contribution is -0.932. The third kappa shape index (κ3) is 4.95. The number of amides is 1. The summed E-state index contributed by atoms with van der Waals surface area (Å²) in [6.45, 7) is 7.80. The number of carbonyl (C=O) groups is 1. The van der Waals surface area contributed by atoms with Crippen LogP contribution >= 0.6 is 0 Å². The van der Waals surface area contributed by atoms with E-state index in [0.29, 0.717) is 6.54 Å². The van der Waals surface area contributed by atoms with E-state index < -0.39 is 0 Å². The summed E-state index contributed by atoms with van der Waals surface area (Å²) in [6, 6.07) is 16.9. The summed E-state index contributed by atoms with van der Waals surface area (Å²) in [7, 11) is 0. The van der Waals surface area contributed by atoms with Crippen molar-refractivity contribution in [2.24, 2.45) is 0 Å². The van der Waals surface area contributed by atoms with Crippen molar-refractivity contribution in [3.8, 4) is 0 Å². The molecule has 1 fully saturated rings. The van der Waals surface area contributed by atoms with E-state index in [1.165, 1.54) is 36.8 Å². The van der Waals surface area contributed by atoms with Gasteiger partial charge in [0.05, 0.1) is 13.1 Å². The molecule has 0 saturated carbocycles. The third-order valence-corrected chi connectivity index (χ3v) is 5.52. The number of hydrogen-bond acceptors (Lipinski definition) is 1. The predicted octanol–water partition coefficient (Wildman–Crippen LogP) is 4.83. The molecule has 0 unspecified atom stereocenters. The van der Waals surface area contributed by atoms with Crippen LogP contribution in [-0.2, 0) is 11.3 Å². The smallest absolute Gasteiger partial charge is 0.279 e. The van der Waals surface area contributed by atoms with Crippen LogP contribution < -0.4 is 5.32 Å². The number of nitrogens with one attached hydrogen (secondary N) is 1. The predicted molar refractivity (Wildman–Crippen MR) is 108 cm³/mol. The van der Waals surface area contributed by atoms with Crippen molar-refractivity contribution >= 4 is 11.6 Å². The molecule has 1 aliphatic rings. The van der Waals surface area contributed by atoms with Crippen LogP contribution in [0, 0.1) is 13.8 Å². The number of nitrogens with zero attached hydrogens (tertiary/aromatic N) is 1. The van der Waals surface area contributed by atoms with E-state index in [1.807, 2.05) is 0 Å². The van der Waals surface area contributed by atoms with Crippen molar-refractivity contribution < 1.29 is 9.28 Å². The van der Waals surface area contributed by atoms with Crippen LogP contribution in [0.15, 0.2) is 48.5 Å². The Morgan fingerprint density at radius 3 is 2.35 bits per heavy atom. The highest BCUT2D eigenvalue weighted by Crippen LogP contribution is 2.23. The molecule has 2 aromatic rings. The van der Waals surface area contributed by atoms with Gasteiger partial charge in [0.15, 0.2) is 6.54 Å². The molecule has 0 bridgehead atoms. The number of carbonyl (C=O) groups excluding carboxylic acids is 1. The van der Waals surface area contributed by atoms with Crippen LogP contribution in [0.2, 0.25) is 0 Å². The zero-order chi connectivity index (χ0) is 18.4. The van der Waals surface area contributed by atoms with E-state index >= 15 is 0 Å². The number of rotatable bonds is 5. The summed E-state index contributed by atoms with van der Waals surface area (Å²) in [6.07, 6.45) is 4.99. The zero-order valence-corrected chi connectivity index (χ0v) is 16.1. The molecular formula is C23H31N2O+. The highest BCUT2D eigenvalue weighted by molar-refractivity contribution is 5.92. The van der Waals surface area contributed by atoms with E-state index in [1.54, 1.807) is 0 Å². The van der Waals surface area contributed by atoms with E-state index in [2.05, 4.69) is 67.7 Å². The van der Waals surface area contributed by atoms with Crippen molar-refractivity contribution in [3.63, 3.8) is 0 Å². The van der Waals surface area contributed by atoms with Gasteiger partial charge in [-0.25, -0.2) is 0 Å². The summed E-state index contributed by atoms with van der Waals surface area (Å²) in [4.78, 5) is 12.9. The topological polar surface area (TPSA) is 29.1 Å². The average molecular weight is 352 g/mol. The highest BCUT2D eigenvalue weighted by atomic mass is 16.2. The number of hydrogen-bond donors (Lipinski definition) is 1. The van der Waals surface area contributed by atoms with Gasteiger partial charge in [-0.2, -0.15) is 0 Å². The summed E-state index contributed by atoms with van der Waals surface area (Å²) >= 11 is 0. The van der Waals surface area contributed by atoms with Crippen molar-refractivity contribution in [1.29, 1.82) is 0 Å². The Labute approximate surface area is 157 Å². The summed E-state index contributed by atoms with van der Waals surface area (Å²) in [5.74, 6) is 0.136. The Kier molecular flexibility index (Phi) is 6.10. The fraction of sp³-hybridized carbons (Fsp3) is 0.435. The molecule has 0 atom stereocenters. The fourth-order valence-electron chi connectivity index (χ4n) is 4.07. The average Bonchev–Trinajstić information content (AvgIpc) is 2.84. The molecule has 1 saturated heterocycles. The second kappa shape index (κ2) is 8.50. The summed E-state index contributed by atoms with van der Waals surface area (Å²) in [5, 5.41) is 3.17. The third-order valence-electron chi connectivity index (χ3n) is 5.52. The number of aryl methyl sites for hydroxylation is 2. The van der Waals surface area contributed by atoms with E-state index in [0.717, 1.165) is 35.4 Å². The molecule has 1 aliphatic heterocycles. The molecule has 3 nitrogen and oxygen atoms in total.